The fourth-order valence-electron chi connectivity index (χ4n) is 1.38. The van der Waals surface area contributed by atoms with E-state index in [1.807, 2.05) is 24.3 Å². The number of hydrogen-bond donors (Lipinski definition) is 2. The number of hydrogen-bond acceptors (Lipinski definition) is 3. The molecule has 0 saturated carbocycles. The summed E-state index contributed by atoms with van der Waals surface area (Å²) in [5.41, 5.74) is 1.89. The number of carbonyl (C=O) groups is 1. The van der Waals surface area contributed by atoms with Gasteiger partial charge in [0.25, 0.3) is 0 Å². The van der Waals surface area contributed by atoms with Crippen molar-refractivity contribution >= 4 is 17.7 Å². The van der Waals surface area contributed by atoms with Gasteiger partial charge in [0.1, 0.15) is 6.61 Å². The summed E-state index contributed by atoms with van der Waals surface area (Å²) in [5.74, 6) is 5.96. The van der Waals surface area contributed by atoms with E-state index in [4.69, 9.17) is 5.11 Å². The van der Waals surface area contributed by atoms with Crippen molar-refractivity contribution < 1.29 is 9.90 Å². The second-order valence-corrected chi connectivity index (χ2v) is 7.14. The zero-order chi connectivity index (χ0) is 15.0. The molecule has 0 heterocycles. The number of aliphatic hydroxyl groups is 1. The van der Waals surface area contributed by atoms with Gasteiger partial charge in [0.15, 0.2) is 0 Å². The van der Waals surface area contributed by atoms with Crippen molar-refractivity contribution in [2.75, 3.05) is 12.4 Å². The maximum absolute atomic E-state index is 11.7. The third kappa shape index (κ3) is 7.22. The highest BCUT2D eigenvalue weighted by Crippen LogP contribution is 2.22. The van der Waals surface area contributed by atoms with Crippen molar-refractivity contribution in [1.82, 2.24) is 5.32 Å². The van der Waals surface area contributed by atoms with Gasteiger partial charge in [0.2, 0.25) is 5.91 Å². The molecular weight excluding hydrogens is 270 g/mol. The van der Waals surface area contributed by atoms with Crippen LogP contribution in [0.2, 0.25) is 0 Å². The first-order valence-corrected chi connectivity index (χ1v) is 7.48. The maximum Gasteiger partial charge on any atom is 0.230 e. The number of aliphatic hydroxyl groups excluding tert-OH is 1. The van der Waals surface area contributed by atoms with E-state index in [0.29, 0.717) is 12.3 Å². The smallest absolute Gasteiger partial charge is 0.230 e. The molecule has 0 aromatic heterocycles. The summed E-state index contributed by atoms with van der Waals surface area (Å²) in [5, 5.41) is 11.5. The number of carbonyl (C=O) groups excluding carboxylic acids is 1. The molecule has 108 valence electrons. The molecule has 2 N–H and O–H groups in total. The van der Waals surface area contributed by atoms with E-state index < -0.39 is 0 Å². The lowest BCUT2D eigenvalue weighted by Crippen LogP contribution is -2.26. The molecule has 4 heteroatoms. The van der Waals surface area contributed by atoms with E-state index in [-0.39, 0.29) is 17.3 Å². The Kier molecular flexibility index (Phi) is 6.63. The molecule has 0 unspecified atom stereocenters. The minimum Gasteiger partial charge on any atom is -0.384 e. The molecule has 1 aromatic carbocycles. The second kappa shape index (κ2) is 7.98. The Bertz CT molecular complexity index is 492. The molecule has 0 aliphatic rings. The van der Waals surface area contributed by atoms with Gasteiger partial charge in [0.05, 0.1) is 5.75 Å². The summed E-state index contributed by atoms with van der Waals surface area (Å²) in [7, 11) is 0. The number of thioether (sulfide) groups is 1. The zero-order valence-electron chi connectivity index (χ0n) is 12.2. The summed E-state index contributed by atoms with van der Waals surface area (Å²) in [6, 6.07) is 7.62. The van der Waals surface area contributed by atoms with E-state index in [2.05, 4.69) is 37.9 Å². The highest BCUT2D eigenvalue weighted by Gasteiger charge is 2.12. The van der Waals surface area contributed by atoms with Crippen molar-refractivity contribution in [2.24, 2.45) is 0 Å². The van der Waals surface area contributed by atoms with Crippen LogP contribution in [0.25, 0.3) is 0 Å². The summed E-state index contributed by atoms with van der Waals surface area (Å²) in [4.78, 5) is 11.7. The number of amides is 1. The molecule has 0 saturated heterocycles. The number of rotatable bonds is 4. The monoisotopic (exact) mass is 291 g/mol. The van der Waals surface area contributed by atoms with Crippen LogP contribution in [-0.2, 0) is 11.3 Å². The van der Waals surface area contributed by atoms with Crippen LogP contribution in [0, 0.1) is 11.8 Å². The molecule has 0 aliphatic heterocycles. The molecule has 3 nitrogen and oxygen atoms in total. The Balaban J connectivity index is 2.40. The van der Waals surface area contributed by atoms with Gasteiger partial charge in [-0.05, 0) is 17.7 Å². The fraction of sp³-hybridized carbons (Fsp3) is 0.438. The third-order valence-corrected chi connectivity index (χ3v) is 3.66. The minimum absolute atomic E-state index is 0.0501. The molecule has 0 bridgehead atoms. The van der Waals surface area contributed by atoms with Crippen LogP contribution in [-0.4, -0.2) is 28.1 Å². The molecule has 0 spiro atoms. The molecule has 0 radical (unpaired) electrons. The average Bonchev–Trinajstić information content (AvgIpc) is 2.41. The highest BCUT2D eigenvalue weighted by molar-refractivity contribution is 8.01. The van der Waals surface area contributed by atoms with Gasteiger partial charge in [-0.2, -0.15) is 0 Å². The van der Waals surface area contributed by atoms with Crippen LogP contribution in [0.3, 0.4) is 0 Å². The van der Waals surface area contributed by atoms with E-state index in [1.54, 1.807) is 11.8 Å². The predicted molar refractivity (Wildman–Crippen MR) is 84.5 cm³/mol. The van der Waals surface area contributed by atoms with Crippen molar-refractivity contribution in [3.63, 3.8) is 0 Å². The van der Waals surface area contributed by atoms with Gasteiger partial charge < -0.3 is 10.4 Å². The first kappa shape index (κ1) is 16.6. The van der Waals surface area contributed by atoms with Crippen molar-refractivity contribution in [1.29, 1.82) is 0 Å². The summed E-state index contributed by atoms with van der Waals surface area (Å²) in [6.45, 7) is 6.67. The SMILES string of the molecule is CC(C)(C)SCC(=O)NCc1ccc(C#CCO)cc1. The van der Waals surface area contributed by atoms with E-state index in [1.165, 1.54) is 0 Å². The van der Waals surface area contributed by atoms with Gasteiger partial charge in [-0.1, -0.05) is 44.7 Å². The lowest BCUT2D eigenvalue weighted by molar-refractivity contribution is -0.118. The number of benzene rings is 1. The minimum atomic E-state index is -0.136. The highest BCUT2D eigenvalue weighted by atomic mass is 32.2. The van der Waals surface area contributed by atoms with Crippen LogP contribution < -0.4 is 5.32 Å². The molecule has 1 amide bonds. The Morgan fingerprint density at radius 1 is 1.30 bits per heavy atom. The zero-order valence-corrected chi connectivity index (χ0v) is 13.0. The number of nitrogens with one attached hydrogen (secondary N) is 1. The lowest BCUT2D eigenvalue weighted by atomic mass is 10.1. The molecule has 0 atom stereocenters. The van der Waals surface area contributed by atoms with E-state index in [9.17, 15) is 4.79 Å². The van der Waals surface area contributed by atoms with Gasteiger partial charge >= 0.3 is 0 Å². The Hall–Kier alpha value is -1.44. The topological polar surface area (TPSA) is 49.3 Å². The summed E-state index contributed by atoms with van der Waals surface area (Å²) in [6.07, 6.45) is 0. The molecule has 1 rings (SSSR count). The van der Waals surface area contributed by atoms with E-state index in [0.717, 1.165) is 11.1 Å². The second-order valence-electron chi connectivity index (χ2n) is 5.33. The maximum atomic E-state index is 11.7. The van der Waals surface area contributed by atoms with Gasteiger partial charge in [-0.25, -0.2) is 0 Å². The molecule has 20 heavy (non-hydrogen) atoms. The van der Waals surface area contributed by atoms with Gasteiger partial charge in [-0.3, -0.25) is 4.79 Å². The largest absolute Gasteiger partial charge is 0.384 e. The Labute approximate surface area is 125 Å². The van der Waals surface area contributed by atoms with Crippen LogP contribution in [0.15, 0.2) is 24.3 Å². The van der Waals surface area contributed by atoms with Crippen LogP contribution in [0.4, 0.5) is 0 Å². The predicted octanol–water partition coefficient (Wildman–Crippen LogP) is 2.18. The van der Waals surface area contributed by atoms with E-state index >= 15 is 0 Å². The van der Waals surface area contributed by atoms with Crippen molar-refractivity contribution in [2.45, 2.75) is 32.1 Å². The first-order chi connectivity index (χ1) is 9.40. The fourth-order valence-corrected chi connectivity index (χ4v) is 2.05. The van der Waals surface area contributed by atoms with Gasteiger partial charge in [-0.15, -0.1) is 11.8 Å². The van der Waals surface area contributed by atoms with Gasteiger partial charge in [0, 0.05) is 16.9 Å². The van der Waals surface area contributed by atoms with Crippen LogP contribution in [0.1, 0.15) is 31.9 Å². The summed E-state index contributed by atoms with van der Waals surface area (Å²) >= 11 is 1.63. The normalized spacial score (nSPS) is 10.6. The quantitative estimate of drug-likeness (QED) is 0.836. The molecular formula is C16H21NO2S. The van der Waals surface area contributed by atoms with Crippen molar-refractivity contribution in [3.8, 4) is 11.8 Å². The molecule has 0 aliphatic carbocycles. The first-order valence-electron chi connectivity index (χ1n) is 6.50. The summed E-state index contributed by atoms with van der Waals surface area (Å²) < 4.78 is 0.102. The van der Waals surface area contributed by atoms with Crippen LogP contribution >= 0.6 is 11.8 Å². The Morgan fingerprint density at radius 3 is 2.50 bits per heavy atom. The van der Waals surface area contributed by atoms with Crippen molar-refractivity contribution in [3.05, 3.63) is 35.4 Å². The molecule has 1 aromatic rings. The average molecular weight is 291 g/mol. The molecule has 0 fully saturated rings. The lowest BCUT2D eigenvalue weighted by Gasteiger charge is -2.16. The standard InChI is InChI=1S/C16H21NO2S/c1-16(2,3)20-12-15(19)17-11-14-8-6-13(7-9-14)5-4-10-18/h6-9,18H,10-12H2,1-3H3,(H,17,19). The Morgan fingerprint density at radius 2 is 1.95 bits per heavy atom. The third-order valence-electron chi connectivity index (χ3n) is 2.39. The van der Waals surface area contributed by atoms with Crippen LogP contribution in [0.5, 0.6) is 0 Å².